The second kappa shape index (κ2) is 11.1. The van der Waals surface area contributed by atoms with Crippen LogP contribution in [0.25, 0.3) is 0 Å². The Bertz CT molecular complexity index is 421. The molecule has 0 atom stereocenters. The maximum Gasteiger partial charge on any atom is 0.241 e. The molecule has 1 amide bonds. The van der Waals surface area contributed by atoms with E-state index < -0.39 is 0 Å². The third kappa shape index (κ3) is 8.31. The van der Waals surface area contributed by atoms with E-state index in [9.17, 15) is 4.79 Å². The molecule has 0 aliphatic rings. The summed E-state index contributed by atoms with van der Waals surface area (Å²) < 4.78 is 4.87. The minimum atomic E-state index is -0.109. The minimum Gasteiger partial charge on any atom is -0.383 e. The molecule has 0 aromatic carbocycles. The van der Waals surface area contributed by atoms with Gasteiger partial charge in [0.05, 0.1) is 6.61 Å². The van der Waals surface area contributed by atoms with E-state index in [2.05, 4.69) is 32.4 Å². The first-order valence-corrected chi connectivity index (χ1v) is 7.94. The van der Waals surface area contributed by atoms with Crippen molar-refractivity contribution in [1.82, 2.24) is 16.0 Å². The van der Waals surface area contributed by atoms with Gasteiger partial charge in [0.15, 0.2) is 5.96 Å². The third-order valence-corrected chi connectivity index (χ3v) is 3.53. The molecule has 0 saturated heterocycles. The van der Waals surface area contributed by atoms with Crippen LogP contribution in [-0.2, 0) is 16.0 Å². The predicted molar refractivity (Wildman–Crippen MR) is 86.9 cm³/mol. The number of ether oxygens (including phenoxy) is 1. The Morgan fingerprint density at radius 1 is 1.33 bits per heavy atom. The zero-order valence-electron chi connectivity index (χ0n) is 12.6. The van der Waals surface area contributed by atoms with Crippen LogP contribution in [0.4, 0.5) is 0 Å². The van der Waals surface area contributed by atoms with Gasteiger partial charge in [-0.05, 0) is 24.8 Å². The Hall–Kier alpha value is -1.60. The van der Waals surface area contributed by atoms with Crippen molar-refractivity contribution in [3.8, 4) is 0 Å². The molecule has 0 aliphatic carbocycles. The standard InChI is InChI=1S/C14H24N4O2S/c1-3-15-14(17-7-6-12-5-4-10-21-12)18-11-13(19)16-8-9-20-2/h4-5,10H,3,6-9,11H2,1-2H3,(H,16,19)(H2,15,17,18). The van der Waals surface area contributed by atoms with Crippen LogP contribution < -0.4 is 16.0 Å². The van der Waals surface area contributed by atoms with E-state index in [0.29, 0.717) is 19.1 Å². The molecule has 6 nitrogen and oxygen atoms in total. The summed E-state index contributed by atoms with van der Waals surface area (Å²) >= 11 is 1.74. The molecule has 0 saturated carbocycles. The average Bonchev–Trinajstić information content (AvgIpc) is 2.98. The van der Waals surface area contributed by atoms with Crippen LogP contribution >= 0.6 is 11.3 Å². The zero-order valence-corrected chi connectivity index (χ0v) is 13.5. The van der Waals surface area contributed by atoms with E-state index in [0.717, 1.165) is 19.5 Å². The van der Waals surface area contributed by atoms with E-state index >= 15 is 0 Å². The number of rotatable bonds is 9. The van der Waals surface area contributed by atoms with Gasteiger partial charge in [-0.25, -0.2) is 4.99 Å². The Balaban J connectivity index is 2.29. The highest BCUT2D eigenvalue weighted by molar-refractivity contribution is 7.09. The Labute approximate surface area is 130 Å². The molecule has 0 unspecified atom stereocenters. The zero-order chi connectivity index (χ0) is 15.3. The van der Waals surface area contributed by atoms with Gasteiger partial charge >= 0.3 is 0 Å². The Kier molecular flexibility index (Phi) is 9.23. The predicted octanol–water partition coefficient (Wildman–Crippen LogP) is 0.608. The normalized spacial score (nSPS) is 11.2. The summed E-state index contributed by atoms with van der Waals surface area (Å²) in [5.41, 5.74) is 0. The van der Waals surface area contributed by atoms with Gasteiger partial charge in [0, 0.05) is 31.6 Å². The van der Waals surface area contributed by atoms with Crippen molar-refractivity contribution in [2.24, 2.45) is 4.99 Å². The van der Waals surface area contributed by atoms with Crippen LogP contribution in [0.3, 0.4) is 0 Å². The fraction of sp³-hybridized carbons (Fsp3) is 0.571. The highest BCUT2D eigenvalue weighted by atomic mass is 32.1. The minimum absolute atomic E-state index is 0.109. The summed E-state index contributed by atoms with van der Waals surface area (Å²) in [7, 11) is 1.60. The molecule has 1 rings (SSSR count). The lowest BCUT2D eigenvalue weighted by Crippen LogP contribution is -2.39. The number of nitrogens with zero attached hydrogens (tertiary/aromatic N) is 1. The Morgan fingerprint density at radius 2 is 2.19 bits per heavy atom. The van der Waals surface area contributed by atoms with Crippen LogP contribution in [0.2, 0.25) is 0 Å². The SMILES string of the molecule is CCNC(=NCC(=O)NCCOC)NCCc1cccs1. The fourth-order valence-electron chi connectivity index (χ4n) is 1.60. The highest BCUT2D eigenvalue weighted by Gasteiger charge is 2.02. The molecule has 0 bridgehead atoms. The number of hydrogen-bond acceptors (Lipinski definition) is 4. The lowest BCUT2D eigenvalue weighted by Gasteiger charge is -2.10. The summed E-state index contributed by atoms with van der Waals surface area (Å²) in [4.78, 5) is 17.1. The van der Waals surface area contributed by atoms with E-state index in [1.54, 1.807) is 18.4 Å². The summed E-state index contributed by atoms with van der Waals surface area (Å²) in [5, 5.41) is 11.1. The average molecular weight is 312 g/mol. The van der Waals surface area contributed by atoms with E-state index in [1.807, 2.05) is 13.0 Å². The molecular weight excluding hydrogens is 288 g/mol. The van der Waals surface area contributed by atoms with Crippen molar-refractivity contribution in [2.75, 3.05) is 39.9 Å². The Morgan fingerprint density at radius 3 is 2.86 bits per heavy atom. The molecule has 7 heteroatoms. The number of carbonyl (C=O) groups excluding carboxylic acids is 1. The molecule has 1 heterocycles. The van der Waals surface area contributed by atoms with Crippen molar-refractivity contribution in [3.05, 3.63) is 22.4 Å². The van der Waals surface area contributed by atoms with Gasteiger partial charge in [-0.2, -0.15) is 0 Å². The number of nitrogens with one attached hydrogen (secondary N) is 3. The van der Waals surface area contributed by atoms with Crippen LogP contribution in [0.1, 0.15) is 11.8 Å². The fourth-order valence-corrected chi connectivity index (χ4v) is 2.31. The van der Waals surface area contributed by atoms with Gasteiger partial charge in [-0.3, -0.25) is 4.79 Å². The first kappa shape index (κ1) is 17.5. The van der Waals surface area contributed by atoms with Gasteiger partial charge < -0.3 is 20.7 Å². The number of aliphatic imine (C=N–C) groups is 1. The second-order valence-electron chi connectivity index (χ2n) is 4.29. The lowest BCUT2D eigenvalue weighted by molar-refractivity contribution is -0.119. The summed E-state index contributed by atoms with van der Waals surface area (Å²) in [5.74, 6) is 0.554. The number of guanidine groups is 1. The topological polar surface area (TPSA) is 74.8 Å². The molecule has 0 radical (unpaired) electrons. The first-order chi connectivity index (χ1) is 10.3. The van der Waals surface area contributed by atoms with E-state index in [4.69, 9.17) is 4.74 Å². The largest absolute Gasteiger partial charge is 0.383 e. The van der Waals surface area contributed by atoms with Gasteiger partial charge in [-0.15, -0.1) is 11.3 Å². The maximum absolute atomic E-state index is 11.6. The molecule has 1 aromatic rings. The molecule has 0 aliphatic heterocycles. The number of hydrogen-bond donors (Lipinski definition) is 3. The molecule has 118 valence electrons. The molecule has 3 N–H and O–H groups in total. The highest BCUT2D eigenvalue weighted by Crippen LogP contribution is 2.07. The van der Waals surface area contributed by atoms with Gasteiger partial charge in [0.2, 0.25) is 5.91 Å². The molecule has 21 heavy (non-hydrogen) atoms. The number of methoxy groups -OCH3 is 1. The van der Waals surface area contributed by atoms with Crippen LogP contribution in [0.5, 0.6) is 0 Å². The first-order valence-electron chi connectivity index (χ1n) is 7.06. The number of carbonyl (C=O) groups is 1. The summed E-state index contributed by atoms with van der Waals surface area (Å²) in [6, 6.07) is 4.16. The van der Waals surface area contributed by atoms with Gasteiger partial charge in [-0.1, -0.05) is 6.07 Å². The molecule has 0 spiro atoms. The monoisotopic (exact) mass is 312 g/mol. The second-order valence-corrected chi connectivity index (χ2v) is 5.33. The lowest BCUT2D eigenvalue weighted by atomic mass is 10.3. The van der Waals surface area contributed by atoms with Crippen LogP contribution in [0.15, 0.2) is 22.5 Å². The van der Waals surface area contributed by atoms with Crippen molar-refractivity contribution in [1.29, 1.82) is 0 Å². The van der Waals surface area contributed by atoms with Crippen LogP contribution in [-0.4, -0.2) is 51.8 Å². The molecular formula is C14H24N4O2S. The van der Waals surface area contributed by atoms with Gasteiger partial charge in [0.25, 0.3) is 0 Å². The molecule has 0 fully saturated rings. The van der Waals surface area contributed by atoms with Crippen molar-refractivity contribution in [3.63, 3.8) is 0 Å². The summed E-state index contributed by atoms with van der Waals surface area (Å²) in [6.07, 6.45) is 0.947. The quantitative estimate of drug-likeness (QED) is 0.355. The molecule has 1 aromatic heterocycles. The van der Waals surface area contributed by atoms with Crippen molar-refractivity contribution in [2.45, 2.75) is 13.3 Å². The number of thiophene rings is 1. The maximum atomic E-state index is 11.6. The van der Waals surface area contributed by atoms with Crippen LogP contribution in [0, 0.1) is 0 Å². The number of amides is 1. The van der Waals surface area contributed by atoms with Crippen molar-refractivity contribution < 1.29 is 9.53 Å². The summed E-state index contributed by atoms with van der Waals surface area (Å²) in [6.45, 7) is 4.67. The van der Waals surface area contributed by atoms with E-state index in [-0.39, 0.29) is 12.5 Å². The smallest absolute Gasteiger partial charge is 0.241 e. The van der Waals surface area contributed by atoms with E-state index in [1.165, 1.54) is 4.88 Å². The van der Waals surface area contributed by atoms with Crippen molar-refractivity contribution >= 4 is 23.2 Å². The van der Waals surface area contributed by atoms with Gasteiger partial charge in [0.1, 0.15) is 6.54 Å². The third-order valence-electron chi connectivity index (χ3n) is 2.60.